The number of rotatable bonds is 7. The van der Waals surface area contributed by atoms with Gasteiger partial charge in [0, 0.05) is 49.3 Å². The Morgan fingerprint density at radius 1 is 0.970 bits per heavy atom. The SMILES string of the molecule is COc1ccc(C(=O)NC2CCN(c3ccccc3C(=O)NCc3ccncc3)CC2)cc1. The van der Waals surface area contributed by atoms with Crippen LogP contribution in [0.25, 0.3) is 0 Å². The monoisotopic (exact) mass is 444 g/mol. The Hall–Kier alpha value is -3.87. The predicted octanol–water partition coefficient (Wildman–Crippen LogP) is 3.42. The first kappa shape index (κ1) is 22.3. The number of nitrogens with one attached hydrogen (secondary N) is 2. The summed E-state index contributed by atoms with van der Waals surface area (Å²) in [6.45, 7) is 1.99. The zero-order chi connectivity index (χ0) is 23.0. The first-order chi connectivity index (χ1) is 16.1. The van der Waals surface area contributed by atoms with Crippen LogP contribution in [0.5, 0.6) is 5.75 Å². The van der Waals surface area contributed by atoms with Gasteiger partial charge in [-0.05, 0) is 66.9 Å². The minimum atomic E-state index is -0.0997. The lowest BCUT2D eigenvalue weighted by Crippen LogP contribution is -2.45. The highest BCUT2D eigenvalue weighted by Gasteiger charge is 2.24. The van der Waals surface area contributed by atoms with Crippen molar-refractivity contribution in [3.8, 4) is 5.75 Å². The largest absolute Gasteiger partial charge is 0.497 e. The van der Waals surface area contributed by atoms with Gasteiger partial charge in [0.25, 0.3) is 11.8 Å². The molecule has 0 atom stereocenters. The van der Waals surface area contributed by atoms with E-state index in [1.54, 1.807) is 43.8 Å². The number of nitrogens with zero attached hydrogens (tertiary/aromatic N) is 2. The standard InChI is InChI=1S/C26H28N4O3/c1-33-22-8-6-20(7-9-22)25(31)29-21-12-16-30(17-13-21)24-5-3-2-4-23(24)26(32)28-18-19-10-14-27-15-11-19/h2-11,14-15,21H,12-13,16-18H2,1H3,(H,28,32)(H,29,31). The van der Waals surface area contributed by atoms with Gasteiger partial charge >= 0.3 is 0 Å². The van der Waals surface area contributed by atoms with Crippen molar-refractivity contribution in [3.05, 3.63) is 89.7 Å². The molecule has 7 heteroatoms. The number of anilines is 1. The second-order valence-electron chi connectivity index (χ2n) is 8.02. The van der Waals surface area contributed by atoms with Gasteiger partial charge in [-0.25, -0.2) is 0 Å². The topological polar surface area (TPSA) is 83.6 Å². The van der Waals surface area contributed by atoms with Crippen LogP contribution in [0.1, 0.15) is 39.1 Å². The lowest BCUT2D eigenvalue weighted by Gasteiger charge is -2.35. The van der Waals surface area contributed by atoms with Gasteiger partial charge in [0.2, 0.25) is 0 Å². The van der Waals surface area contributed by atoms with Crippen molar-refractivity contribution in [1.82, 2.24) is 15.6 Å². The first-order valence-corrected chi connectivity index (χ1v) is 11.1. The summed E-state index contributed by atoms with van der Waals surface area (Å²) in [6, 6.07) is 18.7. The fraction of sp³-hybridized carbons (Fsp3) is 0.269. The number of piperidine rings is 1. The van der Waals surface area contributed by atoms with Crippen molar-refractivity contribution < 1.29 is 14.3 Å². The van der Waals surface area contributed by atoms with Crippen LogP contribution in [0.15, 0.2) is 73.1 Å². The Bertz CT molecular complexity index is 1080. The summed E-state index contributed by atoms with van der Waals surface area (Å²) in [4.78, 5) is 31.7. The normalized spacial score (nSPS) is 13.9. The Morgan fingerprint density at radius 2 is 1.67 bits per heavy atom. The summed E-state index contributed by atoms with van der Waals surface area (Å²) < 4.78 is 5.15. The lowest BCUT2D eigenvalue weighted by atomic mass is 10.0. The quantitative estimate of drug-likeness (QED) is 0.584. The Morgan fingerprint density at radius 3 is 2.36 bits per heavy atom. The first-order valence-electron chi connectivity index (χ1n) is 11.1. The number of carbonyl (C=O) groups excluding carboxylic acids is 2. The van der Waals surface area contributed by atoms with E-state index in [1.165, 1.54) is 0 Å². The highest BCUT2D eigenvalue weighted by Crippen LogP contribution is 2.24. The number of benzene rings is 2. The molecule has 0 saturated carbocycles. The molecule has 2 amide bonds. The van der Waals surface area contributed by atoms with Crippen LogP contribution < -0.4 is 20.3 Å². The van der Waals surface area contributed by atoms with Gasteiger partial charge in [0.05, 0.1) is 12.7 Å². The van der Waals surface area contributed by atoms with Crippen LogP contribution in [0, 0.1) is 0 Å². The Kier molecular flexibility index (Phi) is 7.19. The minimum Gasteiger partial charge on any atom is -0.497 e. The number of carbonyl (C=O) groups is 2. The van der Waals surface area contributed by atoms with Crippen LogP contribution in [0.4, 0.5) is 5.69 Å². The molecule has 170 valence electrons. The Balaban J connectivity index is 1.34. The van der Waals surface area contributed by atoms with Crippen molar-refractivity contribution >= 4 is 17.5 Å². The van der Waals surface area contributed by atoms with E-state index in [2.05, 4.69) is 20.5 Å². The highest BCUT2D eigenvalue weighted by molar-refractivity contribution is 5.99. The molecule has 33 heavy (non-hydrogen) atoms. The third-order valence-electron chi connectivity index (χ3n) is 5.87. The van der Waals surface area contributed by atoms with E-state index in [9.17, 15) is 9.59 Å². The molecule has 0 bridgehead atoms. The van der Waals surface area contributed by atoms with Gasteiger partial charge in [-0.3, -0.25) is 14.6 Å². The minimum absolute atomic E-state index is 0.0769. The number of para-hydroxylation sites is 1. The number of aromatic nitrogens is 1. The Labute approximate surface area is 193 Å². The molecule has 1 aromatic heterocycles. The van der Waals surface area contributed by atoms with Crippen molar-refractivity contribution in [2.75, 3.05) is 25.1 Å². The van der Waals surface area contributed by atoms with E-state index in [-0.39, 0.29) is 17.9 Å². The molecule has 7 nitrogen and oxygen atoms in total. The molecule has 1 fully saturated rings. The molecule has 3 aromatic rings. The maximum Gasteiger partial charge on any atom is 0.253 e. The maximum atomic E-state index is 12.9. The van der Waals surface area contributed by atoms with Gasteiger partial charge in [-0.2, -0.15) is 0 Å². The zero-order valence-electron chi connectivity index (χ0n) is 18.7. The van der Waals surface area contributed by atoms with Gasteiger partial charge in [0.1, 0.15) is 5.75 Å². The molecule has 1 aliphatic heterocycles. The maximum absolute atomic E-state index is 12.9. The number of hydrogen-bond donors (Lipinski definition) is 2. The number of methoxy groups -OCH3 is 1. The third-order valence-corrected chi connectivity index (χ3v) is 5.87. The van der Waals surface area contributed by atoms with E-state index >= 15 is 0 Å². The molecule has 2 aromatic carbocycles. The van der Waals surface area contributed by atoms with E-state index in [1.807, 2.05) is 36.4 Å². The average molecular weight is 445 g/mol. The van der Waals surface area contributed by atoms with Crippen molar-refractivity contribution in [1.29, 1.82) is 0 Å². The van der Waals surface area contributed by atoms with Crippen molar-refractivity contribution in [2.24, 2.45) is 0 Å². The third kappa shape index (κ3) is 5.68. The van der Waals surface area contributed by atoms with E-state index in [4.69, 9.17) is 4.74 Å². The van der Waals surface area contributed by atoms with Crippen LogP contribution in [0.2, 0.25) is 0 Å². The molecule has 0 spiro atoms. The summed E-state index contributed by atoms with van der Waals surface area (Å²) in [5, 5.41) is 6.13. The molecule has 2 heterocycles. The fourth-order valence-electron chi connectivity index (χ4n) is 4.00. The van der Waals surface area contributed by atoms with E-state index in [0.717, 1.165) is 42.9 Å². The van der Waals surface area contributed by atoms with E-state index in [0.29, 0.717) is 17.7 Å². The molecule has 0 aliphatic carbocycles. The fourth-order valence-corrected chi connectivity index (χ4v) is 4.00. The number of hydrogen-bond acceptors (Lipinski definition) is 5. The molecular formula is C26H28N4O3. The molecule has 1 aliphatic rings. The summed E-state index contributed by atoms with van der Waals surface area (Å²) in [7, 11) is 1.60. The molecule has 4 rings (SSSR count). The van der Waals surface area contributed by atoms with Crippen LogP contribution in [-0.4, -0.2) is 43.0 Å². The van der Waals surface area contributed by atoms with Crippen LogP contribution >= 0.6 is 0 Å². The predicted molar refractivity (Wildman–Crippen MR) is 128 cm³/mol. The molecular weight excluding hydrogens is 416 g/mol. The summed E-state index contributed by atoms with van der Waals surface area (Å²) in [5.74, 6) is 0.549. The van der Waals surface area contributed by atoms with Crippen LogP contribution in [-0.2, 0) is 6.54 Å². The summed E-state index contributed by atoms with van der Waals surface area (Å²) >= 11 is 0. The smallest absolute Gasteiger partial charge is 0.253 e. The zero-order valence-corrected chi connectivity index (χ0v) is 18.7. The molecule has 0 unspecified atom stereocenters. The highest BCUT2D eigenvalue weighted by atomic mass is 16.5. The number of amides is 2. The second kappa shape index (κ2) is 10.6. The molecule has 1 saturated heterocycles. The number of ether oxygens (including phenoxy) is 1. The van der Waals surface area contributed by atoms with Gasteiger partial charge < -0.3 is 20.3 Å². The van der Waals surface area contributed by atoms with Gasteiger partial charge in [-0.1, -0.05) is 12.1 Å². The molecule has 0 radical (unpaired) electrons. The summed E-state index contributed by atoms with van der Waals surface area (Å²) in [6.07, 6.45) is 5.06. The molecule has 2 N–H and O–H groups in total. The van der Waals surface area contributed by atoms with E-state index < -0.39 is 0 Å². The number of pyridine rings is 1. The van der Waals surface area contributed by atoms with Gasteiger partial charge in [0.15, 0.2) is 0 Å². The lowest BCUT2D eigenvalue weighted by molar-refractivity contribution is 0.0929. The average Bonchev–Trinajstić information content (AvgIpc) is 2.88. The van der Waals surface area contributed by atoms with Crippen molar-refractivity contribution in [3.63, 3.8) is 0 Å². The van der Waals surface area contributed by atoms with Gasteiger partial charge in [-0.15, -0.1) is 0 Å². The van der Waals surface area contributed by atoms with Crippen LogP contribution in [0.3, 0.4) is 0 Å². The van der Waals surface area contributed by atoms with Crippen molar-refractivity contribution in [2.45, 2.75) is 25.4 Å². The summed E-state index contributed by atoms with van der Waals surface area (Å²) in [5.41, 5.74) is 3.20. The second-order valence-corrected chi connectivity index (χ2v) is 8.02.